The average Bonchev–Trinajstić information content (AvgIpc) is 3.20. The van der Waals surface area contributed by atoms with Crippen LogP contribution in [0, 0.1) is 6.92 Å². The molecule has 8 heteroatoms. The van der Waals surface area contributed by atoms with E-state index in [1.54, 1.807) is 34.9 Å². The Kier molecular flexibility index (Phi) is 6.92. The number of benzene rings is 3. The fourth-order valence-electron chi connectivity index (χ4n) is 3.13. The van der Waals surface area contributed by atoms with Crippen molar-refractivity contribution in [2.75, 3.05) is 12.4 Å². The van der Waals surface area contributed by atoms with Gasteiger partial charge >= 0.3 is 0 Å². The van der Waals surface area contributed by atoms with Crippen molar-refractivity contribution >= 4 is 21.6 Å². The third-order valence-electron chi connectivity index (χ3n) is 4.74. The lowest BCUT2D eigenvalue weighted by Gasteiger charge is -2.11. The van der Waals surface area contributed by atoms with Crippen molar-refractivity contribution in [3.63, 3.8) is 0 Å². The Morgan fingerprint density at radius 3 is 2.22 bits per heavy atom. The van der Waals surface area contributed by atoms with Crippen LogP contribution in [0.1, 0.15) is 11.4 Å². The first-order valence-electron chi connectivity index (χ1n) is 10.1. The van der Waals surface area contributed by atoms with Gasteiger partial charge in [-0.25, -0.2) is 8.42 Å². The lowest BCUT2D eigenvalue weighted by Crippen LogP contribution is -2.11. The Morgan fingerprint density at radius 1 is 0.875 bits per heavy atom. The first-order valence-corrected chi connectivity index (χ1v) is 12.8. The minimum atomic E-state index is -3.55. The van der Waals surface area contributed by atoms with E-state index in [9.17, 15) is 8.42 Å². The van der Waals surface area contributed by atoms with E-state index >= 15 is 0 Å². The third kappa shape index (κ3) is 5.38. The largest absolute Gasteiger partial charge is 0.493 e. The number of aromatic nitrogens is 3. The second kappa shape index (κ2) is 10.0. The van der Waals surface area contributed by atoms with E-state index in [0.717, 1.165) is 11.4 Å². The topological polar surface area (TPSA) is 74.1 Å². The zero-order chi connectivity index (χ0) is 22.4. The van der Waals surface area contributed by atoms with Gasteiger partial charge in [0.05, 0.1) is 11.5 Å². The number of hydrogen-bond donors (Lipinski definition) is 0. The molecule has 0 bridgehead atoms. The molecule has 0 unspecified atom stereocenters. The van der Waals surface area contributed by atoms with Crippen molar-refractivity contribution in [3.8, 4) is 11.4 Å². The molecule has 0 saturated heterocycles. The van der Waals surface area contributed by atoms with Crippen molar-refractivity contribution in [2.45, 2.75) is 22.7 Å². The lowest BCUT2D eigenvalue weighted by atomic mass is 10.2. The van der Waals surface area contributed by atoms with Crippen LogP contribution in [-0.2, 0) is 15.6 Å². The molecule has 164 valence electrons. The van der Waals surface area contributed by atoms with Gasteiger partial charge in [0.2, 0.25) is 0 Å². The van der Waals surface area contributed by atoms with Crippen LogP contribution in [0.15, 0.2) is 95.0 Å². The summed E-state index contributed by atoms with van der Waals surface area (Å²) in [7, 11) is -3.55. The highest BCUT2D eigenvalue weighted by atomic mass is 32.2. The third-order valence-corrected chi connectivity index (χ3v) is 7.26. The van der Waals surface area contributed by atoms with Gasteiger partial charge in [-0.3, -0.25) is 4.57 Å². The van der Waals surface area contributed by atoms with E-state index in [1.165, 1.54) is 17.3 Å². The van der Waals surface area contributed by atoms with Crippen molar-refractivity contribution in [1.29, 1.82) is 0 Å². The van der Waals surface area contributed by atoms with Gasteiger partial charge < -0.3 is 4.74 Å². The minimum Gasteiger partial charge on any atom is -0.493 e. The summed E-state index contributed by atoms with van der Waals surface area (Å²) in [6.45, 7) is 2.53. The summed E-state index contributed by atoms with van der Waals surface area (Å²) in [6.07, 6.45) is 0. The monoisotopic (exact) mass is 465 g/mol. The summed E-state index contributed by atoms with van der Waals surface area (Å²) in [5.74, 6) is 1.60. The summed E-state index contributed by atoms with van der Waals surface area (Å²) < 4.78 is 33.5. The minimum absolute atomic E-state index is 0.237. The standard InChI is InChI=1S/C24H23N3O3S2/c1-19-12-14-21(15-13-19)30-16-17-31-24-26-25-23(27(24)20-8-4-2-5-9-20)18-32(28,29)22-10-6-3-7-11-22/h2-15H,16-18H2,1H3. The van der Waals surface area contributed by atoms with Gasteiger partial charge in [0, 0.05) is 11.4 Å². The smallest absolute Gasteiger partial charge is 0.195 e. The quantitative estimate of drug-likeness (QED) is 0.263. The molecular formula is C24H23N3O3S2. The maximum Gasteiger partial charge on any atom is 0.195 e. The first-order chi connectivity index (χ1) is 15.5. The van der Waals surface area contributed by atoms with Gasteiger partial charge in [0.15, 0.2) is 20.8 Å². The number of ether oxygens (including phenoxy) is 1. The van der Waals surface area contributed by atoms with E-state index in [2.05, 4.69) is 10.2 Å². The number of rotatable bonds is 9. The molecule has 6 nitrogen and oxygen atoms in total. The van der Waals surface area contributed by atoms with E-state index in [-0.39, 0.29) is 10.6 Å². The molecule has 1 aromatic heterocycles. The summed E-state index contributed by atoms with van der Waals surface area (Å²) in [5.41, 5.74) is 2.00. The maximum atomic E-state index is 12.9. The van der Waals surface area contributed by atoms with Gasteiger partial charge in [-0.15, -0.1) is 10.2 Å². The summed E-state index contributed by atoms with van der Waals surface area (Å²) in [5, 5.41) is 9.13. The van der Waals surface area contributed by atoms with Crippen LogP contribution in [0.2, 0.25) is 0 Å². The van der Waals surface area contributed by atoms with Gasteiger partial charge in [-0.2, -0.15) is 0 Å². The predicted octanol–water partition coefficient (Wildman–Crippen LogP) is 4.72. The molecule has 0 radical (unpaired) electrons. The number of para-hydroxylation sites is 1. The Hall–Kier alpha value is -3.10. The van der Waals surface area contributed by atoms with Gasteiger partial charge in [-0.05, 0) is 43.3 Å². The fourth-order valence-corrected chi connectivity index (χ4v) is 5.18. The molecule has 0 spiro atoms. The van der Waals surface area contributed by atoms with E-state index in [1.807, 2.05) is 61.5 Å². The zero-order valence-corrected chi connectivity index (χ0v) is 19.2. The normalized spacial score (nSPS) is 11.4. The molecule has 0 amide bonds. The Bertz CT molecular complexity index is 1260. The molecule has 0 fully saturated rings. The first kappa shape index (κ1) is 22.1. The van der Waals surface area contributed by atoms with Gasteiger partial charge in [0.25, 0.3) is 0 Å². The Morgan fingerprint density at radius 2 is 1.53 bits per heavy atom. The van der Waals surface area contributed by atoms with E-state index in [0.29, 0.717) is 23.3 Å². The van der Waals surface area contributed by atoms with Crippen LogP contribution in [0.25, 0.3) is 5.69 Å². The van der Waals surface area contributed by atoms with Crippen LogP contribution >= 0.6 is 11.8 Å². The van der Waals surface area contributed by atoms with Gasteiger partial charge in [0.1, 0.15) is 11.5 Å². The second-order valence-electron chi connectivity index (χ2n) is 7.15. The fraction of sp³-hybridized carbons (Fsp3) is 0.167. The molecular weight excluding hydrogens is 442 g/mol. The highest BCUT2D eigenvalue weighted by molar-refractivity contribution is 7.99. The average molecular weight is 466 g/mol. The molecule has 3 aromatic carbocycles. The summed E-state index contributed by atoms with van der Waals surface area (Å²) in [6, 6.07) is 25.8. The highest BCUT2D eigenvalue weighted by Crippen LogP contribution is 2.25. The van der Waals surface area contributed by atoms with Crippen LogP contribution in [0.5, 0.6) is 5.75 Å². The number of sulfone groups is 1. The molecule has 4 aromatic rings. The molecule has 0 aliphatic rings. The van der Waals surface area contributed by atoms with Crippen LogP contribution in [0.4, 0.5) is 0 Å². The molecule has 0 N–H and O–H groups in total. The SMILES string of the molecule is Cc1ccc(OCCSc2nnc(CS(=O)(=O)c3ccccc3)n2-c2ccccc2)cc1. The van der Waals surface area contributed by atoms with Crippen LogP contribution in [-0.4, -0.2) is 35.5 Å². The summed E-state index contributed by atoms with van der Waals surface area (Å²) in [4.78, 5) is 0.267. The Labute approximate surface area is 192 Å². The van der Waals surface area contributed by atoms with E-state index in [4.69, 9.17) is 4.74 Å². The molecule has 4 rings (SSSR count). The second-order valence-corrected chi connectivity index (χ2v) is 10.2. The number of nitrogens with zero attached hydrogens (tertiary/aromatic N) is 3. The zero-order valence-electron chi connectivity index (χ0n) is 17.6. The van der Waals surface area contributed by atoms with Crippen LogP contribution < -0.4 is 4.74 Å². The Balaban J connectivity index is 1.52. The number of hydrogen-bond acceptors (Lipinski definition) is 6. The van der Waals surface area contributed by atoms with E-state index < -0.39 is 9.84 Å². The molecule has 0 saturated carbocycles. The lowest BCUT2D eigenvalue weighted by molar-refractivity contribution is 0.344. The number of thioether (sulfide) groups is 1. The van der Waals surface area contributed by atoms with Crippen molar-refractivity contribution in [3.05, 3.63) is 96.3 Å². The molecule has 0 aliphatic heterocycles. The van der Waals surface area contributed by atoms with Gasteiger partial charge in [-0.1, -0.05) is 65.9 Å². The molecule has 1 heterocycles. The van der Waals surface area contributed by atoms with Crippen molar-refractivity contribution in [2.24, 2.45) is 0 Å². The van der Waals surface area contributed by atoms with Crippen molar-refractivity contribution in [1.82, 2.24) is 14.8 Å². The van der Waals surface area contributed by atoms with Crippen molar-refractivity contribution < 1.29 is 13.2 Å². The molecule has 32 heavy (non-hydrogen) atoms. The van der Waals surface area contributed by atoms with Crippen LogP contribution in [0.3, 0.4) is 0 Å². The molecule has 0 aliphatic carbocycles. The highest BCUT2D eigenvalue weighted by Gasteiger charge is 2.22. The maximum absolute atomic E-state index is 12.9. The number of aryl methyl sites for hydroxylation is 1. The molecule has 0 atom stereocenters. The summed E-state index contributed by atoms with van der Waals surface area (Å²) >= 11 is 1.48. The predicted molar refractivity (Wildman–Crippen MR) is 126 cm³/mol.